The van der Waals surface area contributed by atoms with Crippen LogP contribution in [0.1, 0.15) is 13.8 Å². The molecule has 1 saturated heterocycles. The van der Waals surface area contributed by atoms with E-state index in [1.807, 2.05) is 0 Å². The molecule has 0 aromatic carbocycles. The first-order chi connectivity index (χ1) is 7.31. The van der Waals surface area contributed by atoms with Gasteiger partial charge in [-0.3, -0.25) is 4.79 Å². The summed E-state index contributed by atoms with van der Waals surface area (Å²) in [6.07, 6.45) is 0. The lowest BCUT2D eigenvalue weighted by atomic mass is 9.83. The zero-order chi connectivity index (χ0) is 13.8. The summed E-state index contributed by atoms with van der Waals surface area (Å²) in [5.74, 6) is 0.157. The highest BCUT2D eigenvalue weighted by Crippen LogP contribution is 2.38. The monoisotopic (exact) mass is 306 g/mol. The minimum absolute atomic E-state index is 0. The van der Waals surface area contributed by atoms with Crippen molar-refractivity contribution >= 4 is 35.6 Å². The van der Waals surface area contributed by atoms with Crippen molar-refractivity contribution in [2.75, 3.05) is 0 Å². The Morgan fingerprint density at radius 1 is 1.11 bits per heavy atom. The maximum Gasteiger partial charge on any atom is 0.242 e. The van der Waals surface area contributed by atoms with Crippen molar-refractivity contribution < 1.29 is 4.79 Å². The highest BCUT2D eigenvalue weighted by molar-refractivity contribution is 7.59. The van der Waals surface area contributed by atoms with Gasteiger partial charge in [0.15, 0.2) is 0 Å². The van der Waals surface area contributed by atoms with E-state index in [1.165, 1.54) is 0 Å². The zero-order valence-electron chi connectivity index (χ0n) is 13.1. The Morgan fingerprint density at radius 3 is 1.67 bits per heavy atom. The number of carbonyl (C=O) groups is 1. The smallest absolute Gasteiger partial charge is 0.242 e. The first-order valence-electron chi connectivity index (χ1n) is 6.40. The molecule has 3 nitrogen and oxygen atoms in total. The van der Waals surface area contributed by atoms with Crippen molar-refractivity contribution in [2.45, 2.75) is 70.0 Å². The molecule has 1 heterocycles. The lowest BCUT2D eigenvalue weighted by Gasteiger charge is -2.61. The van der Waals surface area contributed by atoms with Gasteiger partial charge in [0.05, 0.1) is 21.7 Å². The number of amides is 1. The van der Waals surface area contributed by atoms with Gasteiger partial charge in [-0.05, 0) is 13.8 Å². The largest absolute Gasteiger partial charge is 0.337 e. The summed E-state index contributed by atoms with van der Waals surface area (Å²) < 4.78 is 0. The van der Waals surface area contributed by atoms with Crippen molar-refractivity contribution in [3.8, 4) is 0 Å². The molecular weight excluding hydrogens is 276 g/mol. The third-order valence-corrected chi connectivity index (χ3v) is 12.8. The molecule has 0 bridgehead atoms. The lowest BCUT2D eigenvalue weighted by Crippen LogP contribution is -2.83. The van der Waals surface area contributed by atoms with Crippen molar-refractivity contribution in [1.29, 1.82) is 0 Å². The van der Waals surface area contributed by atoms with Gasteiger partial charge in [0.2, 0.25) is 5.91 Å². The molecule has 0 spiro atoms. The predicted octanol–water partition coefficient (Wildman–Crippen LogP) is 2.17. The van der Waals surface area contributed by atoms with Gasteiger partial charge in [0.1, 0.15) is 6.04 Å². The molecule has 0 saturated carbocycles. The quantitative estimate of drug-likeness (QED) is 0.641. The second kappa shape index (κ2) is 4.96. The second-order valence-corrected chi connectivity index (χ2v) is 19.1. The summed E-state index contributed by atoms with van der Waals surface area (Å²) in [5.41, 5.74) is 5.79. The Morgan fingerprint density at radius 2 is 1.44 bits per heavy atom. The van der Waals surface area contributed by atoms with E-state index in [-0.39, 0.29) is 31.0 Å². The van der Waals surface area contributed by atoms with Crippen LogP contribution in [0.4, 0.5) is 0 Å². The summed E-state index contributed by atoms with van der Waals surface area (Å²) in [7, 11) is -2.81. The van der Waals surface area contributed by atoms with Crippen LogP contribution in [0.5, 0.6) is 0 Å². The zero-order valence-corrected chi connectivity index (χ0v) is 16.1. The molecule has 0 aromatic rings. The fourth-order valence-electron chi connectivity index (χ4n) is 3.35. The van der Waals surface area contributed by atoms with Gasteiger partial charge in [-0.1, -0.05) is 39.3 Å². The van der Waals surface area contributed by atoms with Crippen LogP contribution < -0.4 is 5.73 Å². The van der Waals surface area contributed by atoms with E-state index in [4.69, 9.17) is 5.73 Å². The molecule has 1 aliphatic rings. The van der Waals surface area contributed by atoms with Gasteiger partial charge >= 0.3 is 0 Å². The minimum Gasteiger partial charge on any atom is -0.337 e. The fourth-order valence-corrected chi connectivity index (χ4v) is 16.2. The van der Waals surface area contributed by atoms with Crippen LogP contribution >= 0.6 is 13.5 Å². The van der Waals surface area contributed by atoms with Gasteiger partial charge in [0, 0.05) is 5.29 Å². The van der Waals surface area contributed by atoms with E-state index in [0.29, 0.717) is 5.29 Å². The molecular formula is C12H30N2OSSi2. The number of nitrogens with two attached hydrogens (primary N) is 1. The van der Waals surface area contributed by atoms with Gasteiger partial charge in [0.25, 0.3) is 0 Å². The van der Waals surface area contributed by atoms with Crippen LogP contribution in [-0.4, -0.2) is 43.8 Å². The van der Waals surface area contributed by atoms with Crippen LogP contribution in [0.2, 0.25) is 39.3 Å². The molecule has 0 aromatic heterocycles. The molecule has 1 amide bonds. The highest BCUT2D eigenvalue weighted by Gasteiger charge is 2.59. The number of rotatable bonds is 3. The van der Waals surface area contributed by atoms with E-state index in [2.05, 4.69) is 58.0 Å². The fraction of sp³-hybridized carbons (Fsp3) is 0.917. The van der Waals surface area contributed by atoms with Crippen molar-refractivity contribution in [3.05, 3.63) is 0 Å². The van der Waals surface area contributed by atoms with E-state index < -0.39 is 16.1 Å². The van der Waals surface area contributed by atoms with E-state index in [0.717, 1.165) is 0 Å². The maximum absolute atomic E-state index is 12.2. The minimum atomic E-state index is -1.40. The third kappa shape index (κ3) is 2.86. The molecule has 1 fully saturated rings. The molecule has 1 rings (SSSR count). The molecule has 1 aliphatic heterocycles. The summed E-state index contributed by atoms with van der Waals surface area (Å²) in [6.45, 7) is 18.4. The first-order valence-corrected chi connectivity index (χ1v) is 13.6. The molecule has 1 atom stereocenters. The van der Waals surface area contributed by atoms with Crippen molar-refractivity contribution in [1.82, 2.24) is 4.90 Å². The SMILES string of the molecule is CC1(C)[C@H](N)C(=O)N1C([Si](C)(C)C)[Si](C)(C)C.S. The lowest BCUT2D eigenvalue weighted by molar-refractivity contribution is -0.157. The van der Waals surface area contributed by atoms with E-state index in [1.54, 1.807) is 0 Å². The van der Waals surface area contributed by atoms with Crippen LogP contribution in [0, 0.1) is 0 Å². The summed E-state index contributed by atoms with van der Waals surface area (Å²) >= 11 is 0. The van der Waals surface area contributed by atoms with Gasteiger partial charge in [-0.25, -0.2) is 0 Å². The molecule has 2 N–H and O–H groups in total. The van der Waals surface area contributed by atoms with Crippen LogP contribution in [0.3, 0.4) is 0 Å². The topological polar surface area (TPSA) is 46.3 Å². The molecule has 0 aliphatic carbocycles. The van der Waals surface area contributed by atoms with Gasteiger partial charge < -0.3 is 10.6 Å². The van der Waals surface area contributed by atoms with Crippen LogP contribution in [-0.2, 0) is 4.79 Å². The Balaban J connectivity index is 0.00000289. The van der Waals surface area contributed by atoms with Crippen LogP contribution in [0.25, 0.3) is 0 Å². The number of β-lactam (4-membered cyclic amide) rings is 1. The summed E-state index contributed by atoms with van der Waals surface area (Å²) in [6, 6.07) is -0.308. The van der Waals surface area contributed by atoms with E-state index >= 15 is 0 Å². The number of hydrogen-bond donors (Lipinski definition) is 1. The number of hydrogen-bond acceptors (Lipinski definition) is 2. The Kier molecular flexibility index (Phi) is 5.02. The maximum atomic E-state index is 12.2. The van der Waals surface area contributed by atoms with E-state index in [9.17, 15) is 4.79 Å². The molecule has 18 heavy (non-hydrogen) atoms. The molecule has 0 radical (unpaired) electrons. The van der Waals surface area contributed by atoms with Crippen molar-refractivity contribution in [2.24, 2.45) is 5.73 Å². The second-order valence-electron chi connectivity index (χ2n) is 7.97. The normalized spacial score (nSPS) is 23.8. The third-order valence-electron chi connectivity index (χ3n) is 3.78. The number of likely N-dealkylation sites (tertiary alicyclic amines) is 1. The van der Waals surface area contributed by atoms with Crippen LogP contribution in [0.15, 0.2) is 0 Å². The first kappa shape index (κ1) is 18.2. The summed E-state index contributed by atoms with van der Waals surface area (Å²) in [5, 5.41) is 0.470. The Hall–Kier alpha value is 0.214. The number of carbonyl (C=O) groups excluding carboxylic acids is 1. The van der Waals surface area contributed by atoms with Gasteiger partial charge in [-0.15, -0.1) is 0 Å². The molecule has 108 valence electrons. The summed E-state index contributed by atoms with van der Waals surface area (Å²) in [4.78, 5) is 14.3. The predicted molar refractivity (Wildman–Crippen MR) is 89.8 cm³/mol. The average Bonchev–Trinajstić information content (AvgIpc) is 2.08. The standard InChI is InChI=1S/C12H28N2OSi2.H2S/c1-12(2)9(13)10(15)14(12)11(16(3,4)5)17(6,7)8;/h9,11H,13H2,1-8H3;1H2/t9-;/m1./s1. The Labute approximate surface area is 121 Å². The molecule has 0 unspecified atom stereocenters. The highest BCUT2D eigenvalue weighted by atomic mass is 32.1. The molecule has 6 heteroatoms. The number of nitrogens with zero attached hydrogens (tertiary/aromatic N) is 1. The Bertz CT molecular complexity index is 320. The van der Waals surface area contributed by atoms with Crippen molar-refractivity contribution in [3.63, 3.8) is 0 Å². The average molecular weight is 307 g/mol. The van der Waals surface area contributed by atoms with Gasteiger partial charge in [-0.2, -0.15) is 13.5 Å².